The molecule has 8 nitrogen and oxygen atoms in total. The van der Waals surface area contributed by atoms with Crippen LogP contribution in [0.1, 0.15) is 15.9 Å². The van der Waals surface area contributed by atoms with E-state index in [4.69, 9.17) is 9.47 Å². The molecule has 208 valence electrons. The molecule has 0 heterocycles. The second-order valence-electron chi connectivity index (χ2n) is 8.70. The lowest BCUT2D eigenvalue weighted by atomic mass is 10.1. The number of amides is 3. The number of hydrogen-bond donors (Lipinski definition) is 3. The Kier molecular flexibility index (Phi) is 10.2. The fourth-order valence-electron chi connectivity index (χ4n) is 3.69. The zero-order valence-corrected chi connectivity index (χ0v) is 23.4. The van der Waals surface area contributed by atoms with Gasteiger partial charge in [0.1, 0.15) is 17.2 Å². The molecular weight excluding hydrogens is 538 g/mol. The number of nitrogens with one attached hydrogen (secondary N) is 3. The van der Waals surface area contributed by atoms with Crippen LogP contribution in [-0.4, -0.2) is 37.7 Å². The van der Waals surface area contributed by atoms with E-state index < -0.39 is 11.8 Å². The van der Waals surface area contributed by atoms with Gasteiger partial charge in [-0.3, -0.25) is 14.4 Å². The average Bonchev–Trinajstić information content (AvgIpc) is 3.01. The summed E-state index contributed by atoms with van der Waals surface area (Å²) in [6.07, 6.45) is 1.59. The predicted octanol–water partition coefficient (Wildman–Crippen LogP) is 5.84. The summed E-state index contributed by atoms with van der Waals surface area (Å²) >= 11 is 1.37. The number of methoxy groups -OCH3 is 2. The molecular formula is C32H29N3O5S. The molecule has 3 N–H and O–H groups in total. The van der Waals surface area contributed by atoms with E-state index in [1.54, 1.807) is 105 Å². The van der Waals surface area contributed by atoms with Crippen LogP contribution < -0.4 is 25.4 Å². The van der Waals surface area contributed by atoms with Crippen LogP contribution in [0.2, 0.25) is 0 Å². The number of benzene rings is 4. The third-order valence-corrected chi connectivity index (χ3v) is 6.80. The van der Waals surface area contributed by atoms with Crippen LogP contribution in [0.3, 0.4) is 0 Å². The van der Waals surface area contributed by atoms with Gasteiger partial charge < -0.3 is 25.4 Å². The standard InChI is InChI=1S/C32H29N3O5S/c1-39-26-15-11-24(12-16-26)33-30(36)21-41-28-17-13-25(14-18-28)34-32(38)29(20-22-7-6-10-27(19-22)40-2)35-31(37)23-8-4-3-5-9-23/h3-20H,21H2,1-2H3,(H,33,36)(H,34,38)(H,35,37)/b29-20-. The van der Waals surface area contributed by atoms with Crippen LogP contribution in [0.25, 0.3) is 6.08 Å². The van der Waals surface area contributed by atoms with Crippen LogP contribution in [0.5, 0.6) is 11.5 Å². The van der Waals surface area contributed by atoms with Crippen molar-refractivity contribution in [3.05, 3.63) is 120 Å². The van der Waals surface area contributed by atoms with Gasteiger partial charge in [0.25, 0.3) is 11.8 Å². The Balaban J connectivity index is 1.40. The summed E-state index contributed by atoms with van der Waals surface area (Å²) in [6, 6.07) is 30.0. The molecule has 0 spiro atoms. The quantitative estimate of drug-likeness (QED) is 0.155. The lowest BCUT2D eigenvalue weighted by Crippen LogP contribution is -2.30. The Morgan fingerprint density at radius 2 is 1.39 bits per heavy atom. The highest BCUT2D eigenvalue weighted by Crippen LogP contribution is 2.22. The molecule has 3 amide bonds. The third kappa shape index (κ3) is 8.74. The summed E-state index contributed by atoms with van der Waals surface area (Å²) < 4.78 is 10.4. The van der Waals surface area contributed by atoms with E-state index >= 15 is 0 Å². The van der Waals surface area contributed by atoms with Gasteiger partial charge in [-0.05, 0) is 84.4 Å². The topological polar surface area (TPSA) is 106 Å². The van der Waals surface area contributed by atoms with Gasteiger partial charge in [0.2, 0.25) is 5.91 Å². The van der Waals surface area contributed by atoms with Crippen molar-refractivity contribution < 1.29 is 23.9 Å². The van der Waals surface area contributed by atoms with Crippen LogP contribution in [0.4, 0.5) is 11.4 Å². The monoisotopic (exact) mass is 567 g/mol. The maximum absolute atomic E-state index is 13.3. The van der Waals surface area contributed by atoms with Gasteiger partial charge in [-0.2, -0.15) is 0 Å². The highest BCUT2D eigenvalue weighted by Gasteiger charge is 2.15. The van der Waals surface area contributed by atoms with E-state index in [1.807, 2.05) is 18.2 Å². The summed E-state index contributed by atoms with van der Waals surface area (Å²) in [5.41, 5.74) is 2.40. The maximum Gasteiger partial charge on any atom is 0.272 e. The number of carbonyl (C=O) groups excluding carboxylic acids is 3. The minimum Gasteiger partial charge on any atom is -0.497 e. The highest BCUT2D eigenvalue weighted by atomic mass is 32.2. The number of carbonyl (C=O) groups is 3. The Hall–Kier alpha value is -5.02. The van der Waals surface area contributed by atoms with Crippen LogP contribution in [0, 0.1) is 0 Å². The zero-order valence-electron chi connectivity index (χ0n) is 22.5. The van der Waals surface area contributed by atoms with Crippen LogP contribution >= 0.6 is 11.8 Å². The number of ether oxygens (including phenoxy) is 2. The van der Waals surface area contributed by atoms with Crippen molar-refractivity contribution in [1.82, 2.24) is 5.32 Å². The smallest absolute Gasteiger partial charge is 0.272 e. The molecule has 0 atom stereocenters. The summed E-state index contributed by atoms with van der Waals surface area (Å²) in [4.78, 5) is 39.3. The predicted molar refractivity (Wildman–Crippen MR) is 162 cm³/mol. The molecule has 9 heteroatoms. The van der Waals surface area contributed by atoms with Gasteiger partial charge in [0.15, 0.2) is 0 Å². The Morgan fingerprint density at radius 3 is 2.07 bits per heavy atom. The highest BCUT2D eigenvalue weighted by molar-refractivity contribution is 8.00. The van der Waals surface area contributed by atoms with Gasteiger partial charge in [0.05, 0.1) is 20.0 Å². The van der Waals surface area contributed by atoms with Gasteiger partial charge in [-0.1, -0.05) is 30.3 Å². The summed E-state index contributed by atoms with van der Waals surface area (Å²) in [5.74, 6) is 0.520. The van der Waals surface area contributed by atoms with E-state index in [2.05, 4.69) is 16.0 Å². The lowest BCUT2D eigenvalue weighted by molar-refractivity contribution is -0.114. The molecule has 0 radical (unpaired) electrons. The van der Waals surface area contributed by atoms with Crippen molar-refractivity contribution >= 4 is 46.9 Å². The van der Waals surface area contributed by atoms with Crippen molar-refractivity contribution in [3.8, 4) is 11.5 Å². The summed E-state index contributed by atoms with van der Waals surface area (Å²) in [6.45, 7) is 0. The van der Waals surface area contributed by atoms with E-state index in [9.17, 15) is 14.4 Å². The Morgan fingerprint density at radius 1 is 0.732 bits per heavy atom. The molecule has 0 aliphatic carbocycles. The van der Waals surface area contributed by atoms with Crippen molar-refractivity contribution in [2.24, 2.45) is 0 Å². The minimum absolute atomic E-state index is 0.0701. The van der Waals surface area contributed by atoms with Crippen molar-refractivity contribution in [2.45, 2.75) is 4.90 Å². The molecule has 0 saturated carbocycles. The van der Waals surface area contributed by atoms with Gasteiger partial charge in [-0.25, -0.2) is 0 Å². The van der Waals surface area contributed by atoms with Gasteiger partial charge in [-0.15, -0.1) is 11.8 Å². The molecule has 0 bridgehead atoms. The van der Waals surface area contributed by atoms with E-state index in [-0.39, 0.29) is 17.4 Å². The third-order valence-electron chi connectivity index (χ3n) is 5.79. The lowest BCUT2D eigenvalue weighted by Gasteiger charge is -2.12. The molecule has 0 saturated heterocycles. The van der Waals surface area contributed by atoms with Crippen molar-refractivity contribution in [2.75, 3.05) is 30.6 Å². The normalized spacial score (nSPS) is 10.8. The number of rotatable bonds is 11. The molecule has 0 aromatic heterocycles. The Bertz CT molecular complexity index is 1520. The molecule has 0 aliphatic heterocycles. The fourth-order valence-corrected chi connectivity index (χ4v) is 4.39. The number of hydrogen-bond acceptors (Lipinski definition) is 6. The molecule has 4 rings (SSSR count). The second kappa shape index (κ2) is 14.4. The summed E-state index contributed by atoms with van der Waals surface area (Å²) in [5, 5.41) is 8.40. The zero-order chi connectivity index (χ0) is 29.0. The van der Waals surface area contributed by atoms with Gasteiger partial charge >= 0.3 is 0 Å². The molecule has 0 aliphatic rings. The minimum atomic E-state index is -0.489. The first-order valence-corrected chi connectivity index (χ1v) is 13.6. The second-order valence-corrected chi connectivity index (χ2v) is 9.75. The maximum atomic E-state index is 13.3. The SMILES string of the molecule is COc1ccc(NC(=O)CSc2ccc(NC(=O)/C(=C/c3cccc(OC)c3)NC(=O)c3ccccc3)cc2)cc1. The van der Waals surface area contributed by atoms with Crippen LogP contribution in [-0.2, 0) is 9.59 Å². The van der Waals surface area contributed by atoms with Crippen molar-refractivity contribution in [1.29, 1.82) is 0 Å². The fraction of sp³-hybridized carbons (Fsp3) is 0.0938. The number of anilines is 2. The Labute approximate surface area is 242 Å². The molecule has 4 aromatic carbocycles. The van der Waals surface area contributed by atoms with Crippen molar-refractivity contribution in [3.63, 3.8) is 0 Å². The molecule has 41 heavy (non-hydrogen) atoms. The number of thioether (sulfide) groups is 1. The van der Waals surface area contributed by atoms with E-state index in [0.717, 1.165) is 4.90 Å². The van der Waals surface area contributed by atoms with Crippen LogP contribution in [0.15, 0.2) is 114 Å². The molecule has 0 fully saturated rings. The first kappa shape index (κ1) is 29.0. The average molecular weight is 568 g/mol. The summed E-state index contributed by atoms with van der Waals surface area (Å²) in [7, 11) is 3.14. The first-order valence-electron chi connectivity index (χ1n) is 12.6. The largest absolute Gasteiger partial charge is 0.497 e. The first-order chi connectivity index (χ1) is 19.9. The van der Waals surface area contributed by atoms with E-state index in [1.165, 1.54) is 11.8 Å². The van der Waals surface area contributed by atoms with E-state index in [0.29, 0.717) is 34.0 Å². The molecule has 0 unspecified atom stereocenters. The van der Waals surface area contributed by atoms with Gasteiger partial charge in [0, 0.05) is 21.8 Å². The molecule has 4 aromatic rings.